The number of carbonyl (C=O) groups excluding carboxylic acids is 2. The van der Waals surface area contributed by atoms with Gasteiger partial charge in [0.05, 0.1) is 18.7 Å². The smallest absolute Gasteiger partial charge is 0.295 e. The number of carbonyl (C=O) groups is 2. The maximum atomic E-state index is 13.7. The molecule has 1 heterocycles. The zero-order valence-corrected chi connectivity index (χ0v) is 17.5. The van der Waals surface area contributed by atoms with E-state index in [-0.39, 0.29) is 34.7 Å². The number of Topliss-reactive ketones (excluding diaryl/α,β-unsaturated/α-hetero) is 1. The molecule has 0 bridgehead atoms. The van der Waals surface area contributed by atoms with Gasteiger partial charge in [-0.3, -0.25) is 9.59 Å². The van der Waals surface area contributed by atoms with Gasteiger partial charge >= 0.3 is 0 Å². The van der Waals surface area contributed by atoms with Gasteiger partial charge in [-0.2, -0.15) is 0 Å². The fourth-order valence-electron chi connectivity index (χ4n) is 3.66. The molecule has 164 valence electrons. The number of likely N-dealkylation sites (tertiary alicyclic amines) is 1. The molecular formula is C23H24FNO6. The second kappa shape index (κ2) is 9.18. The minimum Gasteiger partial charge on any atom is -0.507 e. The zero-order valence-electron chi connectivity index (χ0n) is 17.5. The number of aromatic hydroxyl groups is 1. The van der Waals surface area contributed by atoms with Crippen LogP contribution in [0.1, 0.15) is 29.2 Å². The fourth-order valence-corrected chi connectivity index (χ4v) is 3.66. The highest BCUT2D eigenvalue weighted by molar-refractivity contribution is 6.46. The molecule has 0 aromatic heterocycles. The van der Waals surface area contributed by atoms with Crippen LogP contribution in [0.5, 0.6) is 11.5 Å². The summed E-state index contributed by atoms with van der Waals surface area (Å²) in [5.41, 5.74) is 0.807. The molecule has 1 saturated heterocycles. The van der Waals surface area contributed by atoms with Gasteiger partial charge in [0.25, 0.3) is 11.7 Å². The number of aryl methyl sites for hydroxylation is 1. The Labute approximate surface area is 179 Å². The lowest BCUT2D eigenvalue weighted by Gasteiger charge is -2.25. The number of phenols is 1. The molecule has 0 spiro atoms. The van der Waals surface area contributed by atoms with E-state index in [0.717, 1.165) is 0 Å². The molecule has 1 aliphatic heterocycles. The summed E-state index contributed by atoms with van der Waals surface area (Å²) in [5, 5.41) is 21.2. The first-order valence-electron chi connectivity index (χ1n) is 9.71. The molecule has 1 amide bonds. The summed E-state index contributed by atoms with van der Waals surface area (Å²) in [5.74, 6) is -2.41. The first-order chi connectivity index (χ1) is 14.8. The third kappa shape index (κ3) is 4.25. The summed E-state index contributed by atoms with van der Waals surface area (Å²) >= 11 is 0. The van der Waals surface area contributed by atoms with E-state index in [2.05, 4.69) is 0 Å². The number of aliphatic hydroxyl groups excluding tert-OH is 1. The summed E-state index contributed by atoms with van der Waals surface area (Å²) < 4.78 is 23.8. The van der Waals surface area contributed by atoms with Crippen molar-refractivity contribution in [2.75, 3.05) is 27.4 Å². The number of ketones is 1. The monoisotopic (exact) mass is 429 g/mol. The number of benzene rings is 2. The summed E-state index contributed by atoms with van der Waals surface area (Å²) in [6, 6.07) is 7.53. The Morgan fingerprint density at radius 1 is 1.16 bits per heavy atom. The maximum Gasteiger partial charge on any atom is 0.295 e. The molecule has 8 heteroatoms. The summed E-state index contributed by atoms with van der Waals surface area (Å²) in [6.07, 6.45) is 0.470. The minimum absolute atomic E-state index is 0.127. The van der Waals surface area contributed by atoms with Gasteiger partial charge in [0, 0.05) is 25.8 Å². The first-order valence-corrected chi connectivity index (χ1v) is 9.71. The average Bonchev–Trinajstić information content (AvgIpc) is 3.00. The molecule has 31 heavy (non-hydrogen) atoms. The van der Waals surface area contributed by atoms with Gasteiger partial charge in [0.2, 0.25) is 0 Å². The van der Waals surface area contributed by atoms with E-state index in [9.17, 15) is 24.2 Å². The number of ether oxygens (including phenoxy) is 2. The number of hydrogen-bond donors (Lipinski definition) is 2. The normalized spacial score (nSPS) is 17.9. The van der Waals surface area contributed by atoms with E-state index in [1.54, 1.807) is 6.07 Å². The van der Waals surface area contributed by atoms with Crippen LogP contribution in [-0.4, -0.2) is 54.2 Å². The van der Waals surface area contributed by atoms with Crippen molar-refractivity contribution in [1.29, 1.82) is 0 Å². The van der Waals surface area contributed by atoms with E-state index < -0.39 is 29.3 Å². The van der Waals surface area contributed by atoms with E-state index >= 15 is 0 Å². The third-order valence-corrected chi connectivity index (χ3v) is 5.24. The summed E-state index contributed by atoms with van der Waals surface area (Å²) in [7, 11) is 2.94. The lowest BCUT2D eigenvalue weighted by Crippen LogP contribution is -2.31. The lowest BCUT2D eigenvalue weighted by atomic mass is 9.94. The Morgan fingerprint density at radius 2 is 1.90 bits per heavy atom. The van der Waals surface area contributed by atoms with E-state index in [1.165, 1.54) is 56.4 Å². The van der Waals surface area contributed by atoms with Crippen LogP contribution in [0.4, 0.5) is 4.39 Å². The second-order valence-corrected chi connectivity index (χ2v) is 7.23. The molecule has 1 atom stereocenters. The minimum atomic E-state index is -0.931. The number of nitrogens with zero attached hydrogens (tertiary/aromatic N) is 1. The lowest BCUT2D eigenvalue weighted by molar-refractivity contribution is -0.140. The molecule has 2 N–H and O–H groups in total. The van der Waals surface area contributed by atoms with Crippen LogP contribution in [0.2, 0.25) is 0 Å². The number of methoxy groups -OCH3 is 2. The first kappa shape index (κ1) is 22.3. The standard InChI is InChI=1S/C23H24FNO6/c1-13-11-15(5-7-16(13)24)21(27)19-20(14-6-8-18(31-3)17(26)12-14)25(9-4-10-30-2)23(29)22(19)28/h5-8,11-12,20,26-27H,4,9-10H2,1-3H3/b21-19-. The SMILES string of the molecule is COCCCN1C(=O)C(=O)/C(=C(\O)c2ccc(F)c(C)c2)C1c1ccc(OC)c(O)c1. The van der Waals surface area contributed by atoms with E-state index in [4.69, 9.17) is 9.47 Å². The molecule has 3 rings (SSSR count). The predicted octanol–water partition coefficient (Wildman–Crippen LogP) is 3.31. The Morgan fingerprint density at radius 3 is 2.52 bits per heavy atom. The van der Waals surface area contributed by atoms with Gasteiger partial charge in [0.1, 0.15) is 11.6 Å². The molecule has 2 aromatic carbocycles. The van der Waals surface area contributed by atoms with Crippen LogP contribution in [-0.2, 0) is 14.3 Å². The highest BCUT2D eigenvalue weighted by Crippen LogP contribution is 2.41. The van der Waals surface area contributed by atoms with Crippen molar-refractivity contribution >= 4 is 17.4 Å². The Balaban J connectivity index is 2.16. The van der Waals surface area contributed by atoms with Crippen molar-refractivity contribution in [1.82, 2.24) is 4.90 Å². The van der Waals surface area contributed by atoms with Gasteiger partial charge in [-0.15, -0.1) is 0 Å². The third-order valence-electron chi connectivity index (χ3n) is 5.24. The van der Waals surface area contributed by atoms with Crippen molar-refractivity contribution in [3.63, 3.8) is 0 Å². The van der Waals surface area contributed by atoms with Crippen molar-refractivity contribution in [2.24, 2.45) is 0 Å². The molecule has 1 fully saturated rings. The van der Waals surface area contributed by atoms with Gasteiger partial charge in [-0.25, -0.2) is 4.39 Å². The number of aliphatic hydroxyl groups is 1. The number of halogens is 1. The Bertz CT molecular complexity index is 1050. The summed E-state index contributed by atoms with van der Waals surface area (Å²) in [4.78, 5) is 27.0. The largest absolute Gasteiger partial charge is 0.507 e. The average molecular weight is 429 g/mol. The molecule has 7 nitrogen and oxygen atoms in total. The Kier molecular flexibility index (Phi) is 6.60. The maximum absolute atomic E-state index is 13.7. The van der Waals surface area contributed by atoms with Crippen LogP contribution in [0.15, 0.2) is 42.0 Å². The van der Waals surface area contributed by atoms with Crippen LogP contribution >= 0.6 is 0 Å². The zero-order chi connectivity index (χ0) is 22.7. The Hall–Kier alpha value is -3.39. The highest BCUT2D eigenvalue weighted by atomic mass is 19.1. The number of phenolic OH excluding ortho intramolecular Hbond substituents is 1. The van der Waals surface area contributed by atoms with Crippen LogP contribution < -0.4 is 4.74 Å². The quantitative estimate of drug-likeness (QED) is 0.303. The molecular weight excluding hydrogens is 405 g/mol. The second-order valence-electron chi connectivity index (χ2n) is 7.23. The molecule has 1 unspecified atom stereocenters. The van der Waals surface area contributed by atoms with Gasteiger partial charge < -0.3 is 24.6 Å². The van der Waals surface area contributed by atoms with Crippen LogP contribution in [0.25, 0.3) is 5.76 Å². The number of amides is 1. The van der Waals surface area contributed by atoms with Crippen LogP contribution in [0, 0.1) is 12.7 Å². The van der Waals surface area contributed by atoms with Crippen molar-refractivity contribution in [2.45, 2.75) is 19.4 Å². The molecule has 1 aliphatic rings. The summed E-state index contributed by atoms with van der Waals surface area (Å²) in [6.45, 7) is 2.12. The fraction of sp³-hybridized carbons (Fsp3) is 0.304. The van der Waals surface area contributed by atoms with Gasteiger partial charge in [-0.05, 0) is 54.8 Å². The topological polar surface area (TPSA) is 96.3 Å². The van der Waals surface area contributed by atoms with Gasteiger partial charge in [-0.1, -0.05) is 6.07 Å². The van der Waals surface area contributed by atoms with Gasteiger partial charge in [0.15, 0.2) is 11.5 Å². The molecule has 0 aliphatic carbocycles. The van der Waals surface area contributed by atoms with Crippen molar-refractivity contribution < 1.29 is 33.7 Å². The number of hydrogen-bond acceptors (Lipinski definition) is 6. The molecule has 2 aromatic rings. The number of rotatable bonds is 7. The van der Waals surface area contributed by atoms with Crippen molar-refractivity contribution in [3.05, 3.63) is 64.5 Å². The highest BCUT2D eigenvalue weighted by Gasteiger charge is 2.46. The molecule has 0 saturated carbocycles. The van der Waals surface area contributed by atoms with Crippen molar-refractivity contribution in [3.8, 4) is 11.5 Å². The predicted molar refractivity (Wildman–Crippen MR) is 111 cm³/mol. The molecule has 0 radical (unpaired) electrons. The van der Waals surface area contributed by atoms with E-state index in [1.807, 2.05) is 0 Å². The van der Waals surface area contributed by atoms with Crippen LogP contribution in [0.3, 0.4) is 0 Å². The van der Waals surface area contributed by atoms with E-state index in [0.29, 0.717) is 18.6 Å².